The molecule has 1 amide bonds. The summed E-state index contributed by atoms with van der Waals surface area (Å²) < 4.78 is 5.29. The summed E-state index contributed by atoms with van der Waals surface area (Å²) in [5.41, 5.74) is -0.898. The Bertz CT molecular complexity index is 700. The molecule has 0 heterocycles. The van der Waals surface area contributed by atoms with E-state index in [0.717, 1.165) is 12.8 Å². The van der Waals surface area contributed by atoms with Crippen molar-refractivity contribution in [3.05, 3.63) is 23.2 Å². The minimum absolute atomic E-state index is 0.113. The number of Topliss-reactive ketones (excluding diaryl/α,β-unsaturated/α-hetero) is 1. The first-order valence-electron chi connectivity index (χ1n) is 7.86. The second kappa shape index (κ2) is 4.97. The Kier molecular flexibility index (Phi) is 3.53. The molecular weight excluding hydrogens is 314 g/mol. The summed E-state index contributed by atoms with van der Waals surface area (Å²) in [6, 6.07) is 5.11. The van der Waals surface area contributed by atoms with Gasteiger partial charge in [-0.05, 0) is 36.5 Å². The van der Waals surface area contributed by atoms with E-state index in [9.17, 15) is 9.59 Å². The second-order valence-corrected chi connectivity index (χ2v) is 7.87. The maximum Gasteiger partial charge on any atom is 0.231 e. The molecule has 2 aliphatic rings. The number of ketones is 1. The minimum atomic E-state index is -0.661. The average Bonchev–Trinajstić information content (AvgIpc) is 2.78. The van der Waals surface area contributed by atoms with Gasteiger partial charge in [0, 0.05) is 16.9 Å². The maximum atomic E-state index is 13.1. The van der Waals surface area contributed by atoms with E-state index in [1.807, 2.05) is 20.8 Å². The molecule has 2 fully saturated rings. The van der Waals surface area contributed by atoms with Crippen LogP contribution >= 0.6 is 11.6 Å². The number of carbonyl (C=O) groups excluding carboxylic acids is 2. The zero-order valence-electron chi connectivity index (χ0n) is 14.0. The van der Waals surface area contributed by atoms with E-state index in [1.165, 1.54) is 0 Å². The van der Waals surface area contributed by atoms with Gasteiger partial charge in [-0.3, -0.25) is 9.59 Å². The fourth-order valence-corrected chi connectivity index (χ4v) is 4.55. The number of methoxy groups -OCH3 is 1. The van der Waals surface area contributed by atoms with Crippen LogP contribution < -0.4 is 10.1 Å². The van der Waals surface area contributed by atoms with E-state index in [-0.39, 0.29) is 17.1 Å². The molecule has 23 heavy (non-hydrogen) atoms. The number of carbonyl (C=O) groups is 2. The van der Waals surface area contributed by atoms with E-state index >= 15 is 0 Å². The number of rotatable bonds is 3. The normalized spacial score (nSPS) is 31.3. The molecule has 1 N–H and O–H groups in total. The smallest absolute Gasteiger partial charge is 0.231 e. The highest BCUT2D eigenvalue weighted by Crippen LogP contribution is 2.70. The van der Waals surface area contributed by atoms with Gasteiger partial charge in [-0.15, -0.1) is 0 Å². The molecule has 2 bridgehead atoms. The van der Waals surface area contributed by atoms with E-state index in [2.05, 4.69) is 5.32 Å². The van der Waals surface area contributed by atoms with Crippen molar-refractivity contribution in [3.8, 4) is 5.75 Å². The standard InChI is InChI=1S/C18H22ClNO3/c1-16(2)17(3)7-8-18(16,10-14(17)21)15(22)20-12-9-11(19)5-6-13(12)23-4/h5-6,9H,7-8,10H2,1-4H3,(H,20,22)/t17-,18-/m1/s1. The molecule has 2 saturated carbocycles. The zero-order chi connectivity index (χ0) is 17.0. The van der Waals surface area contributed by atoms with Crippen LogP contribution in [0.2, 0.25) is 5.02 Å². The molecule has 3 rings (SSSR count). The fraction of sp³-hybridized carbons (Fsp3) is 0.556. The van der Waals surface area contributed by atoms with Crippen LogP contribution in [0.4, 0.5) is 5.69 Å². The van der Waals surface area contributed by atoms with Gasteiger partial charge in [0.2, 0.25) is 5.91 Å². The minimum Gasteiger partial charge on any atom is -0.495 e. The summed E-state index contributed by atoms with van der Waals surface area (Å²) in [5.74, 6) is 0.640. The predicted molar refractivity (Wildman–Crippen MR) is 89.8 cm³/mol. The van der Waals surface area contributed by atoms with Gasteiger partial charge in [-0.1, -0.05) is 32.4 Å². The molecule has 0 saturated heterocycles. The summed E-state index contributed by atoms with van der Waals surface area (Å²) in [5, 5.41) is 3.48. The van der Waals surface area contributed by atoms with Gasteiger partial charge in [0.05, 0.1) is 18.2 Å². The van der Waals surface area contributed by atoms with E-state index in [0.29, 0.717) is 22.9 Å². The highest BCUT2D eigenvalue weighted by atomic mass is 35.5. The summed E-state index contributed by atoms with van der Waals surface area (Å²) in [6.07, 6.45) is 1.81. The SMILES string of the molecule is COc1ccc(Cl)cc1NC(=O)[C@@]12CC[C@](C)(C(=O)C1)C2(C)C. The number of amides is 1. The average molecular weight is 336 g/mol. The number of fused-ring (bicyclic) bond motifs is 2. The molecule has 2 atom stereocenters. The van der Waals surface area contributed by atoms with E-state index < -0.39 is 10.8 Å². The van der Waals surface area contributed by atoms with Gasteiger partial charge < -0.3 is 10.1 Å². The fourth-order valence-electron chi connectivity index (χ4n) is 4.38. The van der Waals surface area contributed by atoms with Crippen molar-refractivity contribution in [2.45, 2.75) is 40.0 Å². The summed E-state index contributed by atoms with van der Waals surface area (Å²) in [6.45, 7) is 6.08. The molecule has 1 aromatic rings. The van der Waals surface area contributed by atoms with Gasteiger partial charge in [-0.25, -0.2) is 0 Å². The lowest BCUT2D eigenvalue weighted by Crippen LogP contribution is -2.43. The number of hydrogen-bond donors (Lipinski definition) is 1. The second-order valence-electron chi connectivity index (χ2n) is 7.44. The molecular formula is C18H22ClNO3. The van der Waals surface area contributed by atoms with Crippen LogP contribution in [-0.2, 0) is 9.59 Å². The number of ether oxygens (including phenoxy) is 1. The van der Waals surface area contributed by atoms with Gasteiger partial charge in [0.15, 0.2) is 0 Å². The summed E-state index contributed by atoms with van der Waals surface area (Å²) in [7, 11) is 1.55. The predicted octanol–water partition coefficient (Wildman–Crippen LogP) is 4.07. The molecule has 2 aliphatic carbocycles. The van der Waals surface area contributed by atoms with Crippen LogP contribution in [0.3, 0.4) is 0 Å². The Morgan fingerprint density at radius 2 is 1.96 bits per heavy atom. The van der Waals surface area contributed by atoms with Crippen LogP contribution in [-0.4, -0.2) is 18.8 Å². The van der Waals surface area contributed by atoms with Crippen LogP contribution in [0, 0.1) is 16.2 Å². The first kappa shape index (κ1) is 16.3. The Hall–Kier alpha value is -1.55. The first-order chi connectivity index (χ1) is 10.7. The first-order valence-corrected chi connectivity index (χ1v) is 8.24. The number of anilines is 1. The quantitative estimate of drug-likeness (QED) is 0.905. The lowest BCUT2D eigenvalue weighted by atomic mass is 9.64. The topological polar surface area (TPSA) is 55.4 Å². The molecule has 0 aliphatic heterocycles. The Morgan fingerprint density at radius 1 is 1.26 bits per heavy atom. The Morgan fingerprint density at radius 3 is 2.48 bits per heavy atom. The molecule has 0 unspecified atom stereocenters. The molecule has 4 nitrogen and oxygen atoms in total. The van der Waals surface area contributed by atoms with Crippen molar-refractivity contribution in [2.75, 3.05) is 12.4 Å². The highest BCUT2D eigenvalue weighted by molar-refractivity contribution is 6.31. The third-order valence-corrected chi connectivity index (χ3v) is 6.78. The third kappa shape index (κ3) is 1.97. The Labute approximate surface area is 141 Å². The van der Waals surface area contributed by atoms with E-state index in [1.54, 1.807) is 25.3 Å². The van der Waals surface area contributed by atoms with Crippen LogP contribution in [0.5, 0.6) is 5.75 Å². The number of halogens is 1. The molecule has 124 valence electrons. The number of nitrogens with one attached hydrogen (secondary N) is 1. The zero-order valence-corrected chi connectivity index (χ0v) is 14.7. The molecule has 0 radical (unpaired) electrons. The van der Waals surface area contributed by atoms with Gasteiger partial charge in [0.25, 0.3) is 0 Å². The molecule has 1 aromatic carbocycles. The van der Waals surface area contributed by atoms with Crippen molar-refractivity contribution >= 4 is 29.0 Å². The van der Waals surface area contributed by atoms with Crippen LogP contribution in [0.15, 0.2) is 18.2 Å². The van der Waals surface area contributed by atoms with Crippen molar-refractivity contribution in [1.82, 2.24) is 0 Å². The summed E-state index contributed by atoms with van der Waals surface area (Å²) >= 11 is 6.03. The van der Waals surface area contributed by atoms with Gasteiger partial charge in [0.1, 0.15) is 11.5 Å². The lowest BCUT2D eigenvalue weighted by Gasteiger charge is -2.38. The van der Waals surface area contributed by atoms with Gasteiger partial charge >= 0.3 is 0 Å². The molecule has 5 heteroatoms. The lowest BCUT2D eigenvalue weighted by molar-refractivity contribution is -0.131. The number of benzene rings is 1. The largest absolute Gasteiger partial charge is 0.495 e. The molecule has 0 spiro atoms. The van der Waals surface area contributed by atoms with Crippen LogP contribution in [0.25, 0.3) is 0 Å². The van der Waals surface area contributed by atoms with Crippen molar-refractivity contribution < 1.29 is 14.3 Å². The van der Waals surface area contributed by atoms with Gasteiger partial charge in [-0.2, -0.15) is 0 Å². The Balaban J connectivity index is 1.96. The maximum absolute atomic E-state index is 13.1. The number of hydrogen-bond acceptors (Lipinski definition) is 3. The summed E-state index contributed by atoms with van der Waals surface area (Å²) in [4.78, 5) is 25.6. The molecule has 0 aromatic heterocycles. The van der Waals surface area contributed by atoms with Crippen molar-refractivity contribution in [3.63, 3.8) is 0 Å². The monoisotopic (exact) mass is 335 g/mol. The van der Waals surface area contributed by atoms with Crippen molar-refractivity contribution in [2.24, 2.45) is 16.2 Å². The third-order valence-electron chi connectivity index (χ3n) is 6.55. The highest BCUT2D eigenvalue weighted by Gasteiger charge is 2.72. The van der Waals surface area contributed by atoms with Crippen molar-refractivity contribution in [1.29, 1.82) is 0 Å². The van der Waals surface area contributed by atoms with E-state index in [4.69, 9.17) is 16.3 Å². The van der Waals surface area contributed by atoms with Crippen LogP contribution in [0.1, 0.15) is 40.0 Å².